The molecule has 1 heterocycles. The predicted octanol–water partition coefficient (Wildman–Crippen LogP) is 4.22. The maximum Gasteiger partial charge on any atom is 0.254 e. The Hall–Kier alpha value is -2.92. The maximum atomic E-state index is 12.3. The molecule has 132 valence electrons. The lowest BCUT2D eigenvalue weighted by Gasteiger charge is -2.20. The molecule has 0 aliphatic carbocycles. The van der Waals surface area contributed by atoms with Gasteiger partial charge in [0.2, 0.25) is 5.95 Å². The average molecular weight is 367 g/mol. The van der Waals surface area contributed by atoms with Gasteiger partial charge >= 0.3 is 0 Å². The Morgan fingerprint density at radius 2 is 1.69 bits per heavy atom. The summed E-state index contributed by atoms with van der Waals surface area (Å²) in [6.45, 7) is 3.11. The number of carbonyl (C=O) groups excluding carboxylic acids is 1. The predicted molar refractivity (Wildman–Crippen MR) is 104 cm³/mol. The first kappa shape index (κ1) is 17.9. The lowest BCUT2D eigenvalue weighted by molar-refractivity contribution is 0.0950. The quantitative estimate of drug-likeness (QED) is 0.709. The van der Waals surface area contributed by atoms with Gasteiger partial charge in [0.1, 0.15) is 0 Å². The summed E-state index contributed by atoms with van der Waals surface area (Å²) in [7, 11) is 0. The molecule has 0 unspecified atom stereocenters. The number of nitrogens with zero attached hydrogens (tertiary/aromatic N) is 3. The monoisotopic (exact) mass is 366 g/mol. The molecular weight excluding hydrogens is 348 g/mol. The third-order valence-corrected chi connectivity index (χ3v) is 4.29. The highest BCUT2D eigenvalue weighted by Crippen LogP contribution is 2.20. The van der Waals surface area contributed by atoms with Crippen LogP contribution in [0, 0.1) is 0 Å². The Morgan fingerprint density at radius 3 is 2.35 bits per heavy atom. The number of nitrogens with one attached hydrogen (secondary N) is 1. The highest BCUT2D eigenvalue weighted by Gasteiger charge is 2.12. The fourth-order valence-electron chi connectivity index (χ4n) is 2.54. The number of carbonyl (C=O) groups is 1. The average Bonchev–Trinajstić information content (AvgIpc) is 2.69. The molecule has 0 spiro atoms. The van der Waals surface area contributed by atoms with E-state index in [-0.39, 0.29) is 5.91 Å². The van der Waals surface area contributed by atoms with E-state index in [0.29, 0.717) is 23.1 Å². The molecule has 3 rings (SSSR count). The first-order chi connectivity index (χ1) is 12.7. The van der Waals surface area contributed by atoms with Gasteiger partial charge in [-0.25, -0.2) is 9.97 Å². The molecule has 0 aliphatic rings. The first-order valence-electron chi connectivity index (χ1n) is 8.35. The lowest BCUT2D eigenvalue weighted by Crippen LogP contribution is -2.24. The van der Waals surface area contributed by atoms with Crippen molar-refractivity contribution in [3.63, 3.8) is 0 Å². The molecule has 0 saturated heterocycles. The van der Waals surface area contributed by atoms with E-state index in [1.807, 2.05) is 60.4 Å². The van der Waals surface area contributed by atoms with Crippen LogP contribution >= 0.6 is 11.6 Å². The molecule has 0 saturated carbocycles. The molecule has 5 nitrogen and oxygen atoms in total. The SMILES string of the molecule is CCN(c1ccccc1)c1ncc(C(=O)NCc2ccccc2Cl)cn1. The van der Waals surface area contributed by atoms with Crippen LogP contribution in [-0.4, -0.2) is 22.4 Å². The van der Waals surface area contributed by atoms with Gasteiger partial charge in [-0.3, -0.25) is 4.79 Å². The third-order valence-electron chi connectivity index (χ3n) is 3.92. The normalized spacial score (nSPS) is 10.4. The zero-order valence-corrected chi connectivity index (χ0v) is 15.1. The van der Waals surface area contributed by atoms with Gasteiger partial charge in [0, 0.05) is 36.2 Å². The lowest BCUT2D eigenvalue weighted by atomic mass is 10.2. The number of rotatable bonds is 6. The van der Waals surface area contributed by atoms with Gasteiger partial charge in [-0.1, -0.05) is 48.0 Å². The third kappa shape index (κ3) is 4.18. The van der Waals surface area contributed by atoms with E-state index >= 15 is 0 Å². The highest BCUT2D eigenvalue weighted by molar-refractivity contribution is 6.31. The zero-order valence-electron chi connectivity index (χ0n) is 14.4. The minimum absolute atomic E-state index is 0.237. The fourth-order valence-corrected chi connectivity index (χ4v) is 2.75. The number of benzene rings is 2. The van der Waals surface area contributed by atoms with Crippen molar-refractivity contribution in [3.05, 3.63) is 83.1 Å². The van der Waals surface area contributed by atoms with Crippen molar-refractivity contribution in [1.82, 2.24) is 15.3 Å². The standard InChI is InChI=1S/C20H19ClN4O/c1-2-25(17-9-4-3-5-10-17)20-23-13-16(14-24-20)19(26)22-12-15-8-6-7-11-18(15)21/h3-11,13-14H,2,12H2,1H3,(H,22,26). The van der Waals surface area contributed by atoms with Crippen molar-refractivity contribution in [3.8, 4) is 0 Å². The van der Waals surface area contributed by atoms with E-state index in [2.05, 4.69) is 15.3 Å². The van der Waals surface area contributed by atoms with Crippen LogP contribution < -0.4 is 10.2 Å². The minimum atomic E-state index is -0.237. The zero-order chi connectivity index (χ0) is 18.4. The number of aromatic nitrogens is 2. The van der Waals surface area contributed by atoms with Crippen molar-refractivity contribution in [2.75, 3.05) is 11.4 Å². The summed E-state index contributed by atoms with van der Waals surface area (Å²) >= 11 is 6.10. The number of para-hydroxylation sites is 1. The van der Waals surface area contributed by atoms with Crippen molar-refractivity contribution < 1.29 is 4.79 Å². The first-order valence-corrected chi connectivity index (χ1v) is 8.73. The molecule has 6 heteroatoms. The largest absolute Gasteiger partial charge is 0.348 e. The van der Waals surface area contributed by atoms with Crippen LogP contribution in [0.5, 0.6) is 0 Å². The summed E-state index contributed by atoms with van der Waals surface area (Å²) < 4.78 is 0. The van der Waals surface area contributed by atoms with E-state index in [1.165, 1.54) is 12.4 Å². The second-order valence-corrected chi connectivity index (χ2v) is 6.03. The van der Waals surface area contributed by atoms with Crippen LogP contribution in [0.1, 0.15) is 22.8 Å². The second-order valence-electron chi connectivity index (χ2n) is 5.63. The van der Waals surface area contributed by atoms with Gasteiger partial charge in [-0.2, -0.15) is 0 Å². The number of amides is 1. The van der Waals surface area contributed by atoms with Gasteiger partial charge in [0.25, 0.3) is 5.91 Å². The number of halogens is 1. The van der Waals surface area contributed by atoms with Crippen molar-refractivity contribution in [2.45, 2.75) is 13.5 Å². The van der Waals surface area contributed by atoms with Crippen LogP contribution in [0.4, 0.5) is 11.6 Å². The van der Waals surface area contributed by atoms with Gasteiger partial charge in [-0.05, 0) is 30.7 Å². The summed E-state index contributed by atoms with van der Waals surface area (Å²) in [5.41, 5.74) is 2.28. The fraction of sp³-hybridized carbons (Fsp3) is 0.150. The van der Waals surface area contributed by atoms with E-state index in [0.717, 1.165) is 17.8 Å². The number of hydrogen-bond donors (Lipinski definition) is 1. The summed E-state index contributed by atoms with van der Waals surface area (Å²) in [6, 6.07) is 17.3. The van der Waals surface area contributed by atoms with E-state index in [1.54, 1.807) is 6.07 Å². The van der Waals surface area contributed by atoms with Crippen LogP contribution in [-0.2, 0) is 6.54 Å². The molecule has 26 heavy (non-hydrogen) atoms. The molecule has 1 aromatic heterocycles. The van der Waals surface area contributed by atoms with Crippen molar-refractivity contribution >= 4 is 29.1 Å². The molecule has 0 radical (unpaired) electrons. The summed E-state index contributed by atoms with van der Waals surface area (Å²) in [6.07, 6.45) is 3.08. The van der Waals surface area contributed by atoms with Gasteiger partial charge < -0.3 is 10.2 Å². The highest BCUT2D eigenvalue weighted by atomic mass is 35.5. The van der Waals surface area contributed by atoms with E-state index in [4.69, 9.17) is 11.6 Å². The number of anilines is 2. The molecule has 0 bridgehead atoms. The number of hydrogen-bond acceptors (Lipinski definition) is 4. The van der Waals surface area contributed by atoms with Crippen LogP contribution in [0.15, 0.2) is 67.0 Å². The molecule has 0 aliphatic heterocycles. The molecule has 0 atom stereocenters. The van der Waals surface area contributed by atoms with Gasteiger partial charge in [0.15, 0.2) is 0 Å². The molecule has 1 amide bonds. The van der Waals surface area contributed by atoms with Crippen molar-refractivity contribution in [1.29, 1.82) is 0 Å². The molecule has 3 aromatic rings. The smallest absolute Gasteiger partial charge is 0.254 e. The summed E-state index contributed by atoms with van der Waals surface area (Å²) in [5.74, 6) is 0.320. The van der Waals surface area contributed by atoms with Gasteiger partial charge in [-0.15, -0.1) is 0 Å². The summed E-state index contributed by atoms with van der Waals surface area (Å²) in [4.78, 5) is 23.0. The van der Waals surface area contributed by atoms with Gasteiger partial charge in [0.05, 0.1) is 5.56 Å². The van der Waals surface area contributed by atoms with E-state index < -0.39 is 0 Å². The Labute approximate surface area is 157 Å². The Bertz CT molecular complexity index is 868. The molecular formula is C20H19ClN4O. The molecule has 1 N–H and O–H groups in total. The Morgan fingerprint density at radius 1 is 1.04 bits per heavy atom. The second kappa shape index (κ2) is 8.45. The summed E-state index contributed by atoms with van der Waals surface area (Å²) in [5, 5.41) is 3.46. The Kier molecular flexibility index (Phi) is 5.81. The minimum Gasteiger partial charge on any atom is -0.348 e. The maximum absolute atomic E-state index is 12.3. The van der Waals surface area contributed by atoms with Crippen LogP contribution in [0.25, 0.3) is 0 Å². The van der Waals surface area contributed by atoms with Crippen LogP contribution in [0.3, 0.4) is 0 Å². The van der Waals surface area contributed by atoms with Crippen LogP contribution in [0.2, 0.25) is 5.02 Å². The van der Waals surface area contributed by atoms with Crippen molar-refractivity contribution in [2.24, 2.45) is 0 Å². The molecule has 0 fully saturated rings. The van der Waals surface area contributed by atoms with E-state index in [9.17, 15) is 4.79 Å². The Balaban J connectivity index is 1.68. The topological polar surface area (TPSA) is 58.1 Å². The molecule has 2 aromatic carbocycles.